The molecule has 1 aromatic heterocycles. The summed E-state index contributed by atoms with van der Waals surface area (Å²) in [6.45, 7) is 3.12. The molecule has 0 saturated carbocycles. The zero-order valence-electron chi connectivity index (χ0n) is 15.4. The molecule has 0 bridgehead atoms. The first-order valence-electron chi connectivity index (χ1n) is 9.05. The summed E-state index contributed by atoms with van der Waals surface area (Å²) in [6.07, 6.45) is 1.96. The van der Waals surface area contributed by atoms with Gasteiger partial charge in [-0.3, -0.25) is 9.59 Å². The number of rotatable bonds is 7. The molecule has 1 fully saturated rings. The second kappa shape index (κ2) is 9.12. The number of methoxy groups -OCH3 is 1. The lowest BCUT2D eigenvalue weighted by atomic mass is 9.79. The van der Waals surface area contributed by atoms with Gasteiger partial charge in [-0.2, -0.15) is 0 Å². The third-order valence-corrected chi connectivity index (χ3v) is 5.76. The average molecular weight is 388 g/mol. The van der Waals surface area contributed by atoms with Crippen molar-refractivity contribution in [3.05, 3.63) is 52.2 Å². The molecule has 0 unspecified atom stereocenters. The minimum absolute atomic E-state index is 0.00964. The maximum atomic E-state index is 12.5. The fourth-order valence-corrected chi connectivity index (χ4v) is 3.93. The molecule has 144 valence electrons. The maximum absolute atomic E-state index is 12.5. The molecule has 6 nitrogen and oxygen atoms in total. The first-order chi connectivity index (χ1) is 13.1. The lowest BCUT2D eigenvalue weighted by molar-refractivity contribution is 0.0512. The maximum Gasteiger partial charge on any atom is 0.265 e. The van der Waals surface area contributed by atoms with Gasteiger partial charge < -0.3 is 20.7 Å². The van der Waals surface area contributed by atoms with Crippen molar-refractivity contribution in [3.63, 3.8) is 0 Å². The van der Waals surface area contributed by atoms with E-state index >= 15 is 0 Å². The number of hydrogen-bond donors (Lipinski definition) is 3. The van der Waals surface area contributed by atoms with Crippen LogP contribution in [0, 0.1) is 5.41 Å². The summed E-state index contributed by atoms with van der Waals surface area (Å²) in [7, 11) is 1.70. The molecule has 1 aliphatic heterocycles. The molecule has 1 aliphatic rings. The second-order valence-corrected chi connectivity index (χ2v) is 7.82. The van der Waals surface area contributed by atoms with Crippen molar-refractivity contribution in [3.8, 4) is 0 Å². The molecule has 3 N–H and O–H groups in total. The van der Waals surface area contributed by atoms with Crippen LogP contribution in [0.5, 0.6) is 0 Å². The van der Waals surface area contributed by atoms with E-state index in [-0.39, 0.29) is 17.2 Å². The monoisotopic (exact) mass is 387 g/mol. The van der Waals surface area contributed by atoms with Crippen molar-refractivity contribution >= 4 is 28.8 Å². The first kappa shape index (κ1) is 19.5. The van der Waals surface area contributed by atoms with E-state index in [1.54, 1.807) is 37.4 Å². The molecule has 27 heavy (non-hydrogen) atoms. The molecule has 2 aromatic rings. The minimum Gasteiger partial charge on any atom is -0.384 e. The molecule has 3 rings (SSSR count). The summed E-state index contributed by atoms with van der Waals surface area (Å²) in [4.78, 5) is 25.2. The highest BCUT2D eigenvalue weighted by molar-refractivity contribution is 7.12. The predicted molar refractivity (Wildman–Crippen MR) is 107 cm³/mol. The van der Waals surface area contributed by atoms with Crippen LogP contribution in [0.15, 0.2) is 41.8 Å². The lowest BCUT2D eigenvalue weighted by Gasteiger charge is -2.37. The van der Waals surface area contributed by atoms with Gasteiger partial charge >= 0.3 is 0 Å². The van der Waals surface area contributed by atoms with E-state index in [0.717, 1.165) is 25.9 Å². The van der Waals surface area contributed by atoms with E-state index in [1.807, 2.05) is 11.4 Å². The Bertz CT molecular complexity index is 748. The highest BCUT2D eigenvalue weighted by Gasteiger charge is 2.32. The van der Waals surface area contributed by atoms with Gasteiger partial charge in [-0.1, -0.05) is 6.07 Å². The van der Waals surface area contributed by atoms with Crippen molar-refractivity contribution in [2.24, 2.45) is 5.41 Å². The van der Waals surface area contributed by atoms with Gasteiger partial charge in [-0.15, -0.1) is 11.3 Å². The van der Waals surface area contributed by atoms with Crippen LogP contribution in [0.2, 0.25) is 0 Å². The summed E-state index contributed by atoms with van der Waals surface area (Å²) in [5.74, 6) is -0.255. The number of nitrogens with one attached hydrogen (secondary N) is 3. The van der Waals surface area contributed by atoms with Crippen molar-refractivity contribution in [1.29, 1.82) is 0 Å². The van der Waals surface area contributed by atoms with Crippen LogP contribution in [-0.4, -0.2) is 45.2 Å². The number of hydrogen-bond acceptors (Lipinski definition) is 5. The smallest absolute Gasteiger partial charge is 0.265 e. The molecule has 0 atom stereocenters. The molecule has 0 radical (unpaired) electrons. The lowest BCUT2D eigenvalue weighted by Crippen LogP contribution is -2.47. The first-order valence-corrected chi connectivity index (χ1v) is 9.93. The SMILES string of the molecule is COCC1(CNC(=O)c2ccc(NC(=O)c3cccs3)cc2)CCNCC1. The summed E-state index contributed by atoms with van der Waals surface area (Å²) in [6, 6.07) is 10.6. The van der Waals surface area contributed by atoms with Crippen LogP contribution in [0.3, 0.4) is 0 Å². The Hall–Kier alpha value is -2.22. The number of thiophene rings is 1. The number of piperidine rings is 1. The van der Waals surface area contributed by atoms with Crippen molar-refractivity contribution < 1.29 is 14.3 Å². The fourth-order valence-electron chi connectivity index (χ4n) is 3.31. The van der Waals surface area contributed by atoms with Gasteiger partial charge in [-0.25, -0.2) is 0 Å². The number of ether oxygens (including phenoxy) is 1. The molecule has 7 heteroatoms. The number of carbonyl (C=O) groups excluding carboxylic acids is 2. The van der Waals surface area contributed by atoms with E-state index in [1.165, 1.54) is 11.3 Å². The highest BCUT2D eigenvalue weighted by Crippen LogP contribution is 2.28. The van der Waals surface area contributed by atoms with Gasteiger partial charge in [0.1, 0.15) is 0 Å². The van der Waals surface area contributed by atoms with E-state index in [4.69, 9.17) is 4.74 Å². The largest absolute Gasteiger partial charge is 0.384 e. The topological polar surface area (TPSA) is 79.5 Å². The molecular formula is C20H25N3O3S. The summed E-state index contributed by atoms with van der Waals surface area (Å²) < 4.78 is 5.39. The van der Waals surface area contributed by atoms with Crippen LogP contribution in [0.1, 0.15) is 32.9 Å². The van der Waals surface area contributed by atoms with Crippen molar-refractivity contribution in [2.45, 2.75) is 12.8 Å². The van der Waals surface area contributed by atoms with Gasteiger partial charge in [0.25, 0.3) is 11.8 Å². The van der Waals surface area contributed by atoms with Crippen LogP contribution in [0.4, 0.5) is 5.69 Å². The van der Waals surface area contributed by atoms with Crippen molar-refractivity contribution in [2.75, 3.05) is 38.7 Å². The van der Waals surface area contributed by atoms with Gasteiger partial charge in [0.05, 0.1) is 11.5 Å². The van der Waals surface area contributed by atoms with E-state index in [0.29, 0.717) is 29.3 Å². The summed E-state index contributed by atoms with van der Waals surface area (Å²) in [5.41, 5.74) is 1.23. The third-order valence-electron chi connectivity index (χ3n) is 4.89. The molecule has 0 aliphatic carbocycles. The van der Waals surface area contributed by atoms with E-state index in [9.17, 15) is 9.59 Å². The minimum atomic E-state index is -0.144. The van der Waals surface area contributed by atoms with Gasteiger partial charge in [0, 0.05) is 30.3 Å². The van der Waals surface area contributed by atoms with Crippen molar-refractivity contribution in [1.82, 2.24) is 10.6 Å². The van der Waals surface area contributed by atoms with Crippen LogP contribution in [0.25, 0.3) is 0 Å². The average Bonchev–Trinajstić information content (AvgIpc) is 3.23. The predicted octanol–water partition coefficient (Wildman–Crippen LogP) is 2.75. The zero-order valence-corrected chi connectivity index (χ0v) is 16.2. The third kappa shape index (κ3) is 5.15. The Kier molecular flexibility index (Phi) is 6.60. The second-order valence-electron chi connectivity index (χ2n) is 6.87. The molecule has 1 saturated heterocycles. The highest BCUT2D eigenvalue weighted by atomic mass is 32.1. The van der Waals surface area contributed by atoms with Gasteiger partial charge in [0.15, 0.2) is 0 Å². The summed E-state index contributed by atoms with van der Waals surface area (Å²) >= 11 is 1.39. The summed E-state index contributed by atoms with van der Waals surface area (Å²) in [5, 5.41) is 11.1. The molecule has 2 heterocycles. The quantitative estimate of drug-likeness (QED) is 0.683. The van der Waals surface area contributed by atoms with Crippen LogP contribution >= 0.6 is 11.3 Å². The molecule has 2 amide bonds. The van der Waals surface area contributed by atoms with Gasteiger partial charge in [-0.05, 0) is 61.6 Å². The van der Waals surface area contributed by atoms with Crippen LogP contribution in [-0.2, 0) is 4.74 Å². The Labute approximate surface area is 163 Å². The van der Waals surface area contributed by atoms with Gasteiger partial charge in [0.2, 0.25) is 0 Å². The van der Waals surface area contributed by atoms with Crippen LogP contribution < -0.4 is 16.0 Å². The molecular weight excluding hydrogens is 362 g/mol. The number of anilines is 1. The number of amides is 2. The Morgan fingerprint density at radius 3 is 2.52 bits per heavy atom. The number of benzene rings is 1. The standard InChI is InChI=1S/C20H25N3O3S/c1-26-14-20(8-10-21-11-9-20)13-22-18(24)15-4-6-16(7-5-15)23-19(25)17-3-2-12-27-17/h2-7,12,21H,8-11,13-14H2,1H3,(H,22,24)(H,23,25). The Morgan fingerprint density at radius 1 is 1.15 bits per heavy atom. The van der Waals surface area contributed by atoms with E-state index in [2.05, 4.69) is 16.0 Å². The number of carbonyl (C=O) groups is 2. The Morgan fingerprint density at radius 2 is 1.89 bits per heavy atom. The fraction of sp³-hybridized carbons (Fsp3) is 0.400. The molecule has 0 spiro atoms. The Balaban J connectivity index is 1.56. The molecule has 1 aromatic carbocycles. The normalized spacial score (nSPS) is 15.9. The van der Waals surface area contributed by atoms with E-state index < -0.39 is 0 Å². The zero-order chi connectivity index (χ0) is 19.1.